The van der Waals surface area contributed by atoms with Gasteiger partial charge in [-0.2, -0.15) is 0 Å². The molecule has 1 fully saturated rings. The van der Waals surface area contributed by atoms with Crippen molar-refractivity contribution in [3.63, 3.8) is 0 Å². The highest BCUT2D eigenvalue weighted by Crippen LogP contribution is 2.35. The molecule has 80 valence electrons. The van der Waals surface area contributed by atoms with Crippen molar-refractivity contribution in [2.45, 2.75) is 26.2 Å². The van der Waals surface area contributed by atoms with Gasteiger partial charge in [0, 0.05) is 28.0 Å². The Morgan fingerprint density at radius 1 is 1.40 bits per heavy atom. The summed E-state index contributed by atoms with van der Waals surface area (Å²) in [6, 6.07) is 4.05. The molecule has 0 saturated carbocycles. The molecule has 1 aliphatic rings. The molecular weight excluding hydrogens is 210 g/mol. The molecular formula is C11H13NO2S. The van der Waals surface area contributed by atoms with Crippen molar-refractivity contribution >= 4 is 23.2 Å². The van der Waals surface area contributed by atoms with Crippen LogP contribution in [0.15, 0.2) is 12.1 Å². The zero-order valence-electron chi connectivity index (χ0n) is 8.74. The summed E-state index contributed by atoms with van der Waals surface area (Å²) in [4.78, 5) is 25.1. The molecule has 0 spiro atoms. The summed E-state index contributed by atoms with van der Waals surface area (Å²) in [5.41, 5.74) is 0. The minimum absolute atomic E-state index is 0.0601. The lowest BCUT2D eigenvalue weighted by atomic mass is 9.86. The van der Waals surface area contributed by atoms with Crippen LogP contribution in [0.4, 0.5) is 0 Å². The lowest BCUT2D eigenvalue weighted by Gasteiger charge is -2.26. The molecule has 2 heterocycles. The van der Waals surface area contributed by atoms with Crippen molar-refractivity contribution in [2.24, 2.45) is 5.92 Å². The van der Waals surface area contributed by atoms with E-state index in [1.54, 1.807) is 11.3 Å². The van der Waals surface area contributed by atoms with Gasteiger partial charge in [0.1, 0.15) is 0 Å². The van der Waals surface area contributed by atoms with Crippen molar-refractivity contribution in [2.75, 3.05) is 0 Å². The summed E-state index contributed by atoms with van der Waals surface area (Å²) in [7, 11) is 0. The van der Waals surface area contributed by atoms with Crippen molar-refractivity contribution in [1.29, 1.82) is 0 Å². The third kappa shape index (κ3) is 1.95. The molecule has 1 aliphatic heterocycles. The number of amides is 2. The van der Waals surface area contributed by atoms with Gasteiger partial charge in [-0.1, -0.05) is 6.92 Å². The summed E-state index contributed by atoms with van der Waals surface area (Å²) in [6.45, 7) is 3.91. The molecule has 1 saturated heterocycles. The number of hydrogen-bond donors (Lipinski definition) is 1. The van der Waals surface area contributed by atoms with Crippen molar-refractivity contribution in [3.8, 4) is 0 Å². The summed E-state index contributed by atoms with van der Waals surface area (Å²) >= 11 is 1.67. The van der Waals surface area contributed by atoms with Crippen LogP contribution in [0.3, 0.4) is 0 Å². The van der Waals surface area contributed by atoms with E-state index >= 15 is 0 Å². The minimum atomic E-state index is -0.158. The Labute approximate surface area is 92.5 Å². The van der Waals surface area contributed by atoms with Crippen LogP contribution in [0.5, 0.6) is 0 Å². The van der Waals surface area contributed by atoms with Crippen LogP contribution < -0.4 is 5.32 Å². The first-order valence-electron chi connectivity index (χ1n) is 4.98. The maximum absolute atomic E-state index is 11.5. The van der Waals surface area contributed by atoms with Gasteiger partial charge in [0.2, 0.25) is 11.8 Å². The number of aryl methyl sites for hydroxylation is 1. The number of nitrogens with one attached hydrogen (secondary N) is 1. The van der Waals surface area contributed by atoms with Gasteiger partial charge in [0.25, 0.3) is 0 Å². The van der Waals surface area contributed by atoms with E-state index in [9.17, 15) is 9.59 Å². The molecule has 0 bridgehead atoms. The Balaban J connectivity index is 2.27. The van der Waals surface area contributed by atoms with Crippen molar-refractivity contribution < 1.29 is 9.59 Å². The van der Waals surface area contributed by atoms with E-state index in [4.69, 9.17) is 0 Å². The molecule has 15 heavy (non-hydrogen) atoms. The second-order valence-electron chi connectivity index (χ2n) is 3.96. The molecule has 0 radical (unpaired) electrons. The average Bonchev–Trinajstić information content (AvgIpc) is 2.58. The van der Waals surface area contributed by atoms with Gasteiger partial charge in [-0.15, -0.1) is 11.3 Å². The van der Waals surface area contributed by atoms with E-state index in [0.717, 1.165) is 4.88 Å². The van der Waals surface area contributed by atoms with Gasteiger partial charge in [0.05, 0.1) is 0 Å². The Kier molecular flexibility index (Phi) is 2.61. The summed E-state index contributed by atoms with van der Waals surface area (Å²) in [6.07, 6.45) is 0.423. The third-order valence-corrected chi connectivity index (χ3v) is 3.94. The van der Waals surface area contributed by atoms with Crippen LogP contribution in [0.25, 0.3) is 0 Å². The van der Waals surface area contributed by atoms with Crippen LogP contribution >= 0.6 is 11.3 Å². The Morgan fingerprint density at radius 3 is 2.73 bits per heavy atom. The molecule has 0 aliphatic carbocycles. The first kappa shape index (κ1) is 10.4. The Hall–Kier alpha value is -1.16. The lowest BCUT2D eigenvalue weighted by Crippen LogP contribution is -2.43. The summed E-state index contributed by atoms with van der Waals surface area (Å²) < 4.78 is 0. The van der Waals surface area contributed by atoms with E-state index in [1.165, 1.54) is 4.88 Å². The Morgan fingerprint density at radius 2 is 2.13 bits per heavy atom. The number of hydrogen-bond acceptors (Lipinski definition) is 3. The van der Waals surface area contributed by atoms with Gasteiger partial charge >= 0.3 is 0 Å². The maximum atomic E-state index is 11.5. The molecule has 2 rings (SSSR count). The second-order valence-corrected chi connectivity index (χ2v) is 5.28. The van der Waals surface area contributed by atoms with E-state index in [-0.39, 0.29) is 23.7 Å². The predicted molar refractivity (Wildman–Crippen MR) is 58.7 cm³/mol. The standard InChI is InChI=1S/C11H13NO2S/c1-6-3-4-9(15-6)8-5-10(13)12-11(14)7(8)2/h3-4,7-8H,5H2,1-2H3,(H,12,13,14). The molecule has 1 aromatic heterocycles. The number of carbonyl (C=O) groups is 2. The molecule has 1 aromatic rings. The van der Waals surface area contributed by atoms with E-state index in [0.29, 0.717) is 6.42 Å². The maximum Gasteiger partial charge on any atom is 0.230 e. The number of piperidine rings is 1. The first-order valence-corrected chi connectivity index (χ1v) is 5.79. The highest BCUT2D eigenvalue weighted by Gasteiger charge is 2.34. The monoisotopic (exact) mass is 223 g/mol. The van der Waals surface area contributed by atoms with Crippen LogP contribution in [0.1, 0.15) is 29.0 Å². The first-order chi connectivity index (χ1) is 7.08. The molecule has 4 heteroatoms. The fraction of sp³-hybridized carbons (Fsp3) is 0.455. The minimum Gasteiger partial charge on any atom is -0.296 e. The van der Waals surface area contributed by atoms with Gasteiger partial charge in [-0.05, 0) is 19.1 Å². The van der Waals surface area contributed by atoms with Crippen molar-refractivity contribution in [3.05, 3.63) is 21.9 Å². The quantitative estimate of drug-likeness (QED) is 0.738. The molecule has 0 aromatic carbocycles. The molecule has 3 nitrogen and oxygen atoms in total. The SMILES string of the molecule is Cc1ccc(C2CC(=O)NC(=O)C2C)s1. The van der Waals surface area contributed by atoms with E-state index in [2.05, 4.69) is 5.32 Å². The van der Waals surface area contributed by atoms with Crippen LogP contribution in [-0.4, -0.2) is 11.8 Å². The lowest BCUT2D eigenvalue weighted by molar-refractivity contribution is -0.136. The molecule has 2 amide bonds. The largest absolute Gasteiger partial charge is 0.296 e. The Bertz CT molecular complexity index is 410. The fourth-order valence-corrected chi connectivity index (χ4v) is 2.94. The van der Waals surface area contributed by atoms with Gasteiger partial charge in [-0.3, -0.25) is 14.9 Å². The summed E-state index contributed by atoms with van der Waals surface area (Å²) in [5, 5.41) is 2.36. The summed E-state index contributed by atoms with van der Waals surface area (Å²) in [5.74, 6) is -0.359. The number of imide groups is 1. The van der Waals surface area contributed by atoms with Gasteiger partial charge in [-0.25, -0.2) is 0 Å². The zero-order valence-corrected chi connectivity index (χ0v) is 9.56. The number of rotatable bonds is 1. The van der Waals surface area contributed by atoms with E-state index < -0.39 is 0 Å². The molecule has 1 N–H and O–H groups in total. The van der Waals surface area contributed by atoms with E-state index in [1.807, 2.05) is 26.0 Å². The van der Waals surface area contributed by atoms with Crippen LogP contribution in [0.2, 0.25) is 0 Å². The second kappa shape index (κ2) is 3.77. The fourth-order valence-electron chi connectivity index (χ4n) is 1.86. The average molecular weight is 223 g/mol. The topological polar surface area (TPSA) is 46.2 Å². The van der Waals surface area contributed by atoms with Gasteiger partial charge < -0.3 is 0 Å². The smallest absolute Gasteiger partial charge is 0.230 e. The van der Waals surface area contributed by atoms with Crippen LogP contribution in [-0.2, 0) is 9.59 Å². The van der Waals surface area contributed by atoms with Crippen LogP contribution in [0, 0.1) is 12.8 Å². The zero-order chi connectivity index (χ0) is 11.0. The highest BCUT2D eigenvalue weighted by atomic mass is 32.1. The van der Waals surface area contributed by atoms with Gasteiger partial charge in [0.15, 0.2) is 0 Å². The van der Waals surface area contributed by atoms with Crippen molar-refractivity contribution in [1.82, 2.24) is 5.32 Å². The predicted octanol–water partition coefficient (Wildman–Crippen LogP) is 1.82. The molecule has 2 atom stereocenters. The molecule has 2 unspecified atom stereocenters. The number of thiophene rings is 1. The number of carbonyl (C=O) groups excluding carboxylic acids is 2. The highest BCUT2D eigenvalue weighted by molar-refractivity contribution is 7.12. The third-order valence-electron chi connectivity index (χ3n) is 2.81. The normalized spacial score (nSPS) is 26.5.